The molecule has 0 saturated carbocycles. The van der Waals surface area contributed by atoms with E-state index in [0.29, 0.717) is 22.4 Å². The molecular formula is C19H16N2O3. The highest BCUT2D eigenvalue weighted by Crippen LogP contribution is 2.33. The van der Waals surface area contributed by atoms with Gasteiger partial charge in [0, 0.05) is 16.7 Å². The third-order valence-corrected chi connectivity index (χ3v) is 3.95. The average Bonchev–Trinajstić information content (AvgIpc) is 2.60. The lowest BCUT2D eigenvalue weighted by Gasteiger charge is -2.13. The standard InChI is InChI=1S/C19H16N2O3/c1-24-14-7-4-12(5-8-14)17-15(19(21)23)9-6-11-2-3-13(18(20)22)10-16(11)17/h2-10H,1H3,(H2,20,22)(H2,21,23). The second-order valence-electron chi connectivity index (χ2n) is 5.38. The Labute approximate surface area is 138 Å². The van der Waals surface area contributed by atoms with Gasteiger partial charge in [0.2, 0.25) is 11.8 Å². The van der Waals surface area contributed by atoms with Crippen molar-refractivity contribution in [3.63, 3.8) is 0 Å². The zero-order chi connectivity index (χ0) is 17.3. The minimum absolute atomic E-state index is 0.374. The SMILES string of the molecule is COc1ccc(-c2c(C(N)=O)ccc3ccc(C(N)=O)cc23)cc1. The third kappa shape index (κ3) is 2.67. The Balaban J connectivity index is 2.35. The molecule has 0 saturated heterocycles. The smallest absolute Gasteiger partial charge is 0.249 e. The minimum Gasteiger partial charge on any atom is -0.497 e. The van der Waals surface area contributed by atoms with E-state index in [-0.39, 0.29) is 0 Å². The van der Waals surface area contributed by atoms with Gasteiger partial charge in [-0.3, -0.25) is 9.59 Å². The van der Waals surface area contributed by atoms with Gasteiger partial charge >= 0.3 is 0 Å². The number of benzene rings is 3. The summed E-state index contributed by atoms with van der Waals surface area (Å²) in [6, 6.07) is 15.9. The monoisotopic (exact) mass is 320 g/mol. The molecule has 0 aliphatic carbocycles. The molecule has 5 heteroatoms. The van der Waals surface area contributed by atoms with Crippen molar-refractivity contribution in [2.75, 3.05) is 7.11 Å². The second kappa shape index (κ2) is 6.04. The molecule has 5 nitrogen and oxygen atoms in total. The Morgan fingerprint density at radius 2 is 1.54 bits per heavy atom. The molecule has 0 unspecified atom stereocenters. The minimum atomic E-state index is -0.535. The molecular weight excluding hydrogens is 304 g/mol. The Kier molecular flexibility index (Phi) is 3.92. The predicted octanol–water partition coefficient (Wildman–Crippen LogP) is 2.71. The van der Waals surface area contributed by atoms with E-state index in [9.17, 15) is 9.59 Å². The molecule has 0 bridgehead atoms. The molecule has 4 N–H and O–H groups in total. The predicted molar refractivity (Wildman–Crippen MR) is 93.0 cm³/mol. The zero-order valence-electron chi connectivity index (χ0n) is 13.1. The first-order valence-corrected chi connectivity index (χ1v) is 7.32. The fourth-order valence-electron chi connectivity index (χ4n) is 2.75. The number of carbonyl (C=O) groups is 2. The Morgan fingerprint density at radius 1 is 0.875 bits per heavy atom. The van der Waals surface area contributed by atoms with Crippen molar-refractivity contribution in [3.05, 3.63) is 65.7 Å². The fourth-order valence-corrected chi connectivity index (χ4v) is 2.75. The van der Waals surface area contributed by atoms with Gasteiger partial charge in [-0.15, -0.1) is 0 Å². The van der Waals surface area contributed by atoms with Gasteiger partial charge in [-0.05, 0) is 46.7 Å². The maximum Gasteiger partial charge on any atom is 0.249 e. The van der Waals surface area contributed by atoms with E-state index in [4.69, 9.17) is 16.2 Å². The van der Waals surface area contributed by atoms with Crippen LogP contribution in [0, 0.1) is 0 Å². The van der Waals surface area contributed by atoms with Crippen molar-refractivity contribution in [1.29, 1.82) is 0 Å². The number of carbonyl (C=O) groups excluding carboxylic acids is 2. The second-order valence-corrected chi connectivity index (χ2v) is 5.38. The van der Waals surface area contributed by atoms with E-state index in [2.05, 4.69) is 0 Å². The molecule has 120 valence electrons. The van der Waals surface area contributed by atoms with Gasteiger partial charge in [-0.1, -0.05) is 24.3 Å². The van der Waals surface area contributed by atoms with Gasteiger partial charge in [0.15, 0.2) is 0 Å². The summed E-state index contributed by atoms with van der Waals surface area (Å²) < 4.78 is 5.17. The first kappa shape index (κ1) is 15.6. The summed E-state index contributed by atoms with van der Waals surface area (Å²) in [4.78, 5) is 23.4. The highest BCUT2D eigenvalue weighted by atomic mass is 16.5. The van der Waals surface area contributed by atoms with Gasteiger partial charge < -0.3 is 16.2 Å². The molecule has 0 heterocycles. The fraction of sp³-hybridized carbons (Fsp3) is 0.0526. The molecule has 0 aromatic heterocycles. The van der Waals surface area contributed by atoms with Gasteiger partial charge in [0.25, 0.3) is 0 Å². The quantitative estimate of drug-likeness (QED) is 0.773. The lowest BCUT2D eigenvalue weighted by molar-refractivity contribution is 0.0992. The number of hydrogen-bond donors (Lipinski definition) is 2. The summed E-state index contributed by atoms with van der Waals surface area (Å²) in [7, 11) is 1.58. The molecule has 3 rings (SSSR count). The number of fused-ring (bicyclic) bond motifs is 1. The number of ether oxygens (including phenoxy) is 1. The van der Waals surface area contributed by atoms with Crippen molar-refractivity contribution in [2.24, 2.45) is 11.5 Å². The van der Waals surface area contributed by atoms with E-state index in [1.165, 1.54) is 0 Å². The topological polar surface area (TPSA) is 95.4 Å². The van der Waals surface area contributed by atoms with E-state index in [1.807, 2.05) is 12.1 Å². The first-order valence-electron chi connectivity index (χ1n) is 7.32. The summed E-state index contributed by atoms with van der Waals surface area (Å²) >= 11 is 0. The van der Waals surface area contributed by atoms with Crippen LogP contribution in [-0.4, -0.2) is 18.9 Å². The molecule has 3 aromatic carbocycles. The lowest BCUT2D eigenvalue weighted by atomic mass is 9.92. The van der Waals surface area contributed by atoms with Gasteiger partial charge in [-0.2, -0.15) is 0 Å². The van der Waals surface area contributed by atoms with E-state index < -0.39 is 11.8 Å². The highest BCUT2D eigenvalue weighted by molar-refractivity contribution is 6.11. The van der Waals surface area contributed by atoms with E-state index >= 15 is 0 Å². The van der Waals surface area contributed by atoms with E-state index in [0.717, 1.165) is 16.3 Å². The van der Waals surface area contributed by atoms with E-state index in [1.54, 1.807) is 49.6 Å². The summed E-state index contributed by atoms with van der Waals surface area (Å²) in [6.07, 6.45) is 0. The Hall–Kier alpha value is -3.34. The highest BCUT2D eigenvalue weighted by Gasteiger charge is 2.15. The zero-order valence-corrected chi connectivity index (χ0v) is 13.1. The van der Waals surface area contributed by atoms with Gasteiger partial charge in [0.1, 0.15) is 5.75 Å². The average molecular weight is 320 g/mol. The number of methoxy groups -OCH3 is 1. The van der Waals surface area contributed by atoms with Crippen LogP contribution >= 0.6 is 0 Å². The van der Waals surface area contributed by atoms with Crippen molar-refractivity contribution in [1.82, 2.24) is 0 Å². The van der Waals surface area contributed by atoms with Crippen molar-refractivity contribution < 1.29 is 14.3 Å². The summed E-state index contributed by atoms with van der Waals surface area (Å²) in [5, 5.41) is 1.63. The number of rotatable bonds is 4. The summed E-state index contributed by atoms with van der Waals surface area (Å²) in [6.45, 7) is 0. The molecule has 0 aliphatic rings. The number of amides is 2. The lowest BCUT2D eigenvalue weighted by Crippen LogP contribution is -2.13. The molecule has 2 amide bonds. The van der Waals surface area contributed by atoms with Crippen LogP contribution in [0.3, 0.4) is 0 Å². The Morgan fingerprint density at radius 3 is 2.12 bits per heavy atom. The van der Waals surface area contributed by atoms with Crippen LogP contribution < -0.4 is 16.2 Å². The van der Waals surface area contributed by atoms with Gasteiger partial charge in [-0.25, -0.2) is 0 Å². The van der Waals surface area contributed by atoms with Crippen LogP contribution in [0.4, 0.5) is 0 Å². The number of hydrogen-bond acceptors (Lipinski definition) is 3. The molecule has 0 spiro atoms. The van der Waals surface area contributed by atoms with Crippen LogP contribution in [0.25, 0.3) is 21.9 Å². The summed E-state index contributed by atoms with van der Waals surface area (Å²) in [5.41, 5.74) is 13.2. The van der Waals surface area contributed by atoms with Crippen molar-refractivity contribution in [2.45, 2.75) is 0 Å². The van der Waals surface area contributed by atoms with Gasteiger partial charge in [0.05, 0.1) is 7.11 Å². The van der Waals surface area contributed by atoms with Crippen LogP contribution in [0.1, 0.15) is 20.7 Å². The largest absolute Gasteiger partial charge is 0.497 e. The molecule has 3 aromatic rings. The third-order valence-electron chi connectivity index (χ3n) is 3.95. The van der Waals surface area contributed by atoms with Crippen molar-refractivity contribution >= 4 is 22.6 Å². The van der Waals surface area contributed by atoms with Crippen LogP contribution in [0.15, 0.2) is 54.6 Å². The van der Waals surface area contributed by atoms with Crippen LogP contribution in [0.2, 0.25) is 0 Å². The Bertz CT molecular complexity index is 941. The number of primary amides is 2. The summed E-state index contributed by atoms with van der Waals surface area (Å²) in [5.74, 6) is -0.355. The molecule has 24 heavy (non-hydrogen) atoms. The molecule has 0 fully saturated rings. The van der Waals surface area contributed by atoms with Crippen LogP contribution in [-0.2, 0) is 0 Å². The van der Waals surface area contributed by atoms with Crippen LogP contribution in [0.5, 0.6) is 5.75 Å². The van der Waals surface area contributed by atoms with Crippen molar-refractivity contribution in [3.8, 4) is 16.9 Å². The molecule has 0 radical (unpaired) electrons. The maximum atomic E-state index is 11.9. The molecule has 0 atom stereocenters. The maximum absolute atomic E-state index is 11.9. The normalized spacial score (nSPS) is 10.5. The molecule has 0 aliphatic heterocycles. The first-order chi connectivity index (χ1) is 11.5. The number of nitrogens with two attached hydrogens (primary N) is 2.